The number of rotatable bonds is 5. The van der Waals surface area contributed by atoms with Gasteiger partial charge in [0.1, 0.15) is 0 Å². The molecule has 2 N–H and O–H groups in total. The molecule has 0 saturated carbocycles. The van der Waals surface area contributed by atoms with Gasteiger partial charge in [-0.25, -0.2) is 4.98 Å². The number of aromatic nitrogens is 1. The van der Waals surface area contributed by atoms with E-state index in [0.717, 1.165) is 17.1 Å². The van der Waals surface area contributed by atoms with Crippen LogP contribution in [0.25, 0.3) is 0 Å². The van der Waals surface area contributed by atoms with Gasteiger partial charge in [-0.05, 0) is 13.8 Å². The highest BCUT2D eigenvalue weighted by molar-refractivity contribution is 7.09. The minimum Gasteiger partial charge on any atom is -0.377 e. The molecule has 1 rings (SSSR count). The summed E-state index contributed by atoms with van der Waals surface area (Å²) in [4.78, 5) is 4.63. The van der Waals surface area contributed by atoms with Gasteiger partial charge in [0.05, 0.1) is 23.4 Å². The Morgan fingerprint density at radius 2 is 2.06 bits per heavy atom. The molecule has 0 bridgehead atoms. The topological polar surface area (TPSA) is 48.1 Å². The fraction of sp³-hybridized carbons (Fsp3) is 0.769. The number of ether oxygens (including phenoxy) is 1. The van der Waals surface area contributed by atoms with E-state index in [1.54, 1.807) is 11.3 Å². The van der Waals surface area contributed by atoms with Crippen molar-refractivity contribution in [3.05, 3.63) is 16.1 Å². The monoisotopic (exact) mass is 256 g/mol. The molecule has 1 unspecified atom stereocenters. The number of hydrogen-bond acceptors (Lipinski definition) is 4. The molecule has 0 aliphatic carbocycles. The number of nitrogens with two attached hydrogens (primary N) is 1. The molecule has 0 saturated heterocycles. The number of thiazole rings is 1. The Morgan fingerprint density at radius 3 is 2.53 bits per heavy atom. The van der Waals surface area contributed by atoms with Crippen LogP contribution in [0.15, 0.2) is 5.38 Å². The largest absolute Gasteiger partial charge is 0.377 e. The molecular weight excluding hydrogens is 232 g/mol. The van der Waals surface area contributed by atoms with E-state index in [9.17, 15) is 0 Å². The SMILES string of the molecule is CC(C)OCC(N)Cc1nc(C(C)(C)C)cs1. The molecule has 1 aromatic heterocycles. The van der Waals surface area contributed by atoms with E-state index in [-0.39, 0.29) is 17.6 Å². The standard InChI is InChI=1S/C13H24N2OS/c1-9(2)16-7-10(14)6-12-15-11(8-17-12)13(3,4)5/h8-10H,6-7,14H2,1-5H3. The van der Waals surface area contributed by atoms with E-state index in [0.29, 0.717) is 6.61 Å². The fourth-order valence-electron chi connectivity index (χ4n) is 1.35. The van der Waals surface area contributed by atoms with Crippen molar-refractivity contribution in [2.75, 3.05) is 6.61 Å². The van der Waals surface area contributed by atoms with Gasteiger partial charge in [-0.2, -0.15) is 0 Å². The molecule has 1 heterocycles. The maximum atomic E-state index is 6.01. The molecule has 17 heavy (non-hydrogen) atoms. The molecule has 0 aliphatic heterocycles. The molecule has 0 aliphatic rings. The van der Waals surface area contributed by atoms with Crippen molar-refractivity contribution in [2.24, 2.45) is 5.73 Å². The lowest BCUT2D eigenvalue weighted by molar-refractivity contribution is 0.0684. The van der Waals surface area contributed by atoms with E-state index in [1.807, 2.05) is 13.8 Å². The molecule has 0 fully saturated rings. The minimum atomic E-state index is 0.0383. The Balaban J connectivity index is 2.49. The molecule has 0 spiro atoms. The molecule has 4 heteroatoms. The Hall–Kier alpha value is -0.450. The van der Waals surface area contributed by atoms with E-state index in [2.05, 4.69) is 31.1 Å². The van der Waals surface area contributed by atoms with Crippen molar-refractivity contribution < 1.29 is 4.74 Å². The lowest BCUT2D eigenvalue weighted by Crippen LogP contribution is -2.30. The molecule has 0 amide bonds. The first-order valence-electron chi connectivity index (χ1n) is 6.11. The van der Waals surface area contributed by atoms with Gasteiger partial charge >= 0.3 is 0 Å². The zero-order valence-electron chi connectivity index (χ0n) is 11.5. The van der Waals surface area contributed by atoms with Crippen molar-refractivity contribution in [2.45, 2.75) is 58.6 Å². The summed E-state index contributed by atoms with van der Waals surface area (Å²) >= 11 is 1.69. The summed E-state index contributed by atoms with van der Waals surface area (Å²) in [5, 5.41) is 3.24. The van der Waals surface area contributed by atoms with Crippen molar-refractivity contribution in [1.82, 2.24) is 4.98 Å². The summed E-state index contributed by atoms with van der Waals surface area (Å²) in [6, 6.07) is 0.0383. The second-order valence-electron chi connectivity index (χ2n) is 5.72. The van der Waals surface area contributed by atoms with Gasteiger partial charge < -0.3 is 10.5 Å². The first-order chi connectivity index (χ1) is 7.79. The summed E-state index contributed by atoms with van der Waals surface area (Å²) in [5.74, 6) is 0. The van der Waals surface area contributed by atoms with Crippen molar-refractivity contribution >= 4 is 11.3 Å². The number of hydrogen-bond donors (Lipinski definition) is 1. The van der Waals surface area contributed by atoms with E-state index < -0.39 is 0 Å². The molecule has 0 radical (unpaired) electrons. The Morgan fingerprint density at radius 1 is 1.41 bits per heavy atom. The third-order valence-electron chi connectivity index (χ3n) is 2.40. The predicted octanol–water partition coefficient (Wildman–Crippen LogP) is 2.74. The normalized spacial score (nSPS) is 14.3. The molecule has 0 aromatic carbocycles. The van der Waals surface area contributed by atoms with Gasteiger partial charge in [-0.1, -0.05) is 20.8 Å². The zero-order chi connectivity index (χ0) is 13.1. The van der Waals surface area contributed by atoms with Crippen LogP contribution < -0.4 is 5.73 Å². The van der Waals surface area contributed by atoms with Crippen LogP contribution in [0.5, 0.6) is 0 Å². The van der Waals surface area contributed by atoms with Gasteiger partial charge in [-0.3, -0.25) is 0 Å². The van der Waals surface area contributed by atoms with Crippen LogP contribution in [0.1, 0.15) is 45.3 Å². The summed E-state index contributed by atoms with van der Waals surface area (Å²) in [6.07, 6.45) is 1.04. The van der Waals surface area contributed by atoms with E-state index in [1.165, 1.54) is 0 Å². The van der Waals surface area contributed by atoms with Gasteiger partial charge in [0.15, 0.2) is 0 Å². The number of nitrogens with zero attached hydrogens (tertiary/aromatic N) is 1. The third-order valence-corrected chi connectivity index (χ3v) is 3.27. The van der Waals surface area contributed by atoms with Gasteiger partial charge in [-0.15, -0.1) is 11.3 Å². The average molecular weight is 256 g/mol. The molecule has 3 nitrogen and oxygen atoms in total. The Bertz CT molecular complexity index is 341. The summed E-state index contributed by atoms with van der Waals surface area (Å²) in [7, 11) is 0. The second-order valence-corrected chi connectivity index (χ2v) is 6.67. The van der Waals surface area contributed by atoms with Crippen molar-refractivity contribution in [3.63, 3.8) is 0 Å². The van der Waals surface area contributed by atoms with Crippen LogP contribution in [0.4, 0.5) is 0 Å². The highest BCUT2D eigenvalue weighted by Gasteiger charge is 2.18. The van der Waals surface area contributed by atoms with E-state index >= 15 is 0 Å². The fourth-order valence-corrected chi connectivity index (χ4v) is 2.46. The molecule has 1 aromatic rings. The van der Waals surface area contributed by atoms with E-state index in [4.69, 9.17) is 10.5 Å². The first kappa shape index (κ1) is 14.6. The lowest BCUT2D eigenvalue weighted by atomic mass is 9.93. The zero-order valence-corrected chi connectivity index (χ0v) is 12.3. The lowest BCUT2D eigenvalue weighted by Gasteiger charge is -2.15. The predicted molar refractivity (Wildman–Crippen MR) is 73.6 cm³/mol. The first-order valence-corrected chi connectivity index (χ1v) is 6.99. The Kier molecular flexibility index (Phi) is 5.10. The smallest absolute Gasteiger partial charge is 0.0944 e. The highest BCUT2D eigenvalue weighted by Crippen LogP contribution is 2.24. The van der Waals surface area contributed by atoms with Crippen LogP contribution in [0, 0.1) is 0 Å². The maximum Gasteiger partial charge on any atom is 0.0944 e. The van der Waals surface area contributed by atoms with Gasteiger partial charge in [0.25, 0.3) is 0 Å². The van der Waals surface area contributed by atoms with Crippen molar-refractivity contribution in [1.29, 1.82) is 0 Å². The quantitative estimate of drug-likeness (QED) is 0.881. The van der Waals surface area contributed by atoms with Crippen LogP contribution in [-0.4, -0.2) is 23.7 Å². The van der Waals surface area contributed by atoms with Crippen molar-refractivity contribution in [3.8, 4) is 0 Å². The van der Waals surface area contributed by atoms with Crippen LogP contribution in [0.2, 0.25) is 0 Å². The van der Waals surface area contributed by atoms with Crippen LogP contribution in [0.3, 0.4) is 0 Å². The van der Waals surface area contributed by atoms with Crippen LogP contribution >= 0.6 is 11.3 Å². The highest BCUT2D eigenvalue weighted by atomic mass is 32.1. The third kappa shape index (κ3) is 5.15. The average Bonchev–Trinajstić information content (AvgIpc) is 2.62. The van der Waals surface area contributed by atoms with Crippen LogP contribution in [-0.2, 0) is 16.6 Å². The summed E-state index contributed by atoms with van der Waals surface area (Å²) in [5.41, 5.74) is 7.28. The maximum absolute atomic E-state index is 6.01. The molecular formula is C13H24N2OS. The van der Waals surface area contributed by atoms with Gasteiger partial charge in [0.2, 0.25) is 0 Å². The summed E-state index contributed by atoms with van der Waals surface area (Å²) < 4.78 is 5.50. The summed E-state index contributed by atoms with van der Waals surface area (Å²) in [6.45, 7) is 11.2. The minimum absolute atomic E-state index is 0.0383. The Labute approximate surface area is 108 Å². The second kappa shape index (κ2) is 5.94. The van der Waals surface area contributed by atoms with Gasteiger partial charge in [0, 0.05) is 23.3 Å². The molecule has 98 valence electrons. The molecule has 1 atom stereocenters.